The van der Waals surface area contributed by atoms with Crippen molar-refractivity contribution in [2.75, 3.05) is 33.7 Å². The largest absolute Gasteiger partial charge is 0.349 e. The van der Waals surface area contributed by atoms with Gasteiger partial charge in [-0.25, -0.2) is 0 Å². The molecule has 1 aliphatic rings. The van der Waals surface area contributed by atoms with Gasteiger partial charge in [-0.05, 0) is 6.92 Å². The maximum Gasteiger partial charge on any atom is 0.223 e. The lowest BCUT2D eigenvalue weighted by atomic mass is 9.94. The van der Waals surface area contributed by atoms with Gasteiger partial charge in [-0.3, -0.25) is 9.69 Å². The summed E-state index contributed by atoms with van der Waals surface area (Å²) in [4.78, 5) is 15.1. The van der Waals surface area contributed by atoms with Crippen LogP contribution >= 0.6 is 0 Å². The molecule has 0 aliphatic carbocycles. The molecule has 1 amide bonds. The Bertz CT molecular complexity index is 193. The zero-order valence-electron chi connectivity index (χ0n) is 8.71. The van der Waals surface area contributed by atoms with Crippen molar-refractivity contribution in [1.29, 1.82) is 0 Å². The van der Waals surface area contributed by atoms with Crippen molar-refractivity contribution in [3.05, 3.63) is 0 Å². The predicted octanol–water partition coefficient (Wildman–Crippen LogP) is -0.502. The molecule has 2 N–H and O–H groups in total. The summed E-state index contributed by atoms with van der Waals surface area (Å²) < 4.78 is 0. The van der Waals surface area contributed by atoms with Gasteiger partial charge in [0.05, 0.1) is 0 Å². The van der Waals surface area contributed by atoms with Crippen molar-refractivity contribution in [3.8, 4) is 0 Å². The Kier molecular flexibility index (Phi) is 2.93. The third kappa shape index (κ3) is 2.97. The summed E-state index contributed by atoms with van der Waals surface area (Å²) in [5.74, 6) is 0.186. The molecule has 0 spiro atoms. The Morgan fingerprint density at radius 1 is 1.54 bits per heavy atom. The number of nitrogens with two attached hydrogens (primary N) is 1. The lowest BCUT2D eigenvalue weighted by Crippen LogP contribution is -2.65. The third-order valence-corrected chi connectivity index (χ3v) is 2.31. The summed E-state index contributed by atoms with van der Waals surface area (Å²) in [6, 6.07) is 0. The monoisotopic (exact) mass is 185 g/mol. The fourth-order valence-electron chi connectivity index (χ4n) is 1.61. The quantitative estimate of drug-likeness (QED) is 0.645. The van der Waals surface area contributed by atoms with E-state index in [0.29, 0.717) is 6.42 Å². The minimum atomic E-state index is -0.0266. The SMILES string of the molecule is CN(C)C(=O)CCN1CC(C)(N)C1. The molecule has 0 aromatic rings. The smallest absolute Gasteiger partial charge is 0.223 e. The average Bonchev–Trinajstić information content (AvgIpc) is 1.95. The van der Waals surface area contributed by atoms with E-state index in [1.165, 1.54) is 0 Å². The molecule has 0 radical (unpaired) electrons. The van der Waals surface area contributed by atoms with Crippen LogP contribution in [0.2, 0.25) is 0 Å². The van der Waals surface area contributed by atoms with Crippen LogP contribution < -0.4 is 5.73 Å². The average molecular weight is 185 g/mol. The second-order valence-electron chi connectivity index (χ2n) is 4.40. The molecule has 4 nitrogen and oxygen atoms in total. The lowest BCUT2D eigenvalue weighted by molar-refractivity contribution is -0.129. The number of likely N-dealkylation sites (tertiary alicyclic amines) is 1. The topological polar surface area (TPSA) is 49.6 Å². The van der Waals surface area contributed by atoms with Gasteiger partial charge in [0.1, 0.15) is 0 Å². The van der Waals surface area contributed by atoms with Crippen LogP contribution in [-0.4, -0.2) is 55.0 Å². The maximum absolute atomic E-state index is 11.2. The summed E-state index contributed by atoms with van der Waals surface area (Å²) in [6.45, 7) is 4.70. The summed E-state index contributed by atoms with van der Waals surface area (Å²) in [7, 11) is 3.57. The molecule has 0 aromatic carbocycles. The molecule has 1 fully saturated rings. The maximum atomic E-state index is 11.2. The van der Waals surface area contributed by atoms with E-state index in [1.54, 1.807) is 19.0 Å². The van der Waals surface area contributed by atoms with Gasteiger partial charge in [0.25, 0.3) is 0 Å². The molecular formula is C9H19N3O. The van der Waals surface area contributed by atoms with E-state index in [4.69, 9.17) is 5.73 Å². The van der Waals surface area contributed by atoms with Crippen LogP contribution in [0.25, 0.3) is 0 Å². The molecule has 0 unspecified atom stereocenters. The highest BCUT2D eigenvalue weighted by Crippen LogP contribution is 2.16. The number of hydrogen-bond acceptors (Lipinski definition) is 3. The van der Waals surface area contributed by atoms with Crippen LogP contribution in [0.5, 0.6) is 0 Å². The molecule has 76 valence electrons. The Morgan fingerprint density at radius 3 is 2.46 bits per heavy atom. The number of carbonyl (C=O) groups excluding carboxylic acids is 1. The standard InChI is InChI=1S/C9H19N3O/c1-9(10)6-12(7-9)5-4-8(13)11(2)3/h4-7,10H2,1-3H3. The predicted molar refractivity (Wildman–Crippen MR) is 52.3 cm³/mol. The van der Waals surface area contributed by atoms with E-state index in [2.05, 4.69) is 4.90 Å². The van der Waals surface area contributed by atoms with E-state index in [0.717, 1.165) is 19.6 Å². The fourth-order valence-corrected chi connectivity index (χ4v) is 1.61. The first-order valence-electron chi connectivity index (χ1n) is 4.62. The van der Waals surface area contributed by atoms with Crippen LogP contribution in [0, 0.1) is 0 Å². The number of amides is 1. The lowest BCUT2D eigenvalue weighted by Gasteiger charge is -2.45. The zero-order chi connectivity index (χ0) is 10.1. The summed E-state index contributed by atoms with van der Waals surface area (Å²) >= 11 is 0. The van der Waals surface area contributed by atoms with Gasteiger partial charge in [-0.15, -0.1) is 0 Å². The van der Waals surface area contributed by atoms with Gasteiger partial charge in [-0.2, -0.15) is 0 Å². The molecule has 13 heavy (non-hydrogen) atoms. The van der Waals surface area contributed by atoms with Crippen molar-refractivity contribution in [2.45, 2.75) is 18.9 Å². The van der Waals surface area contributed by atoms with E-state index in [9.17, 15) is 4.79 Å². The van der Waals surface area contributed by atoms with Gasteiger partial charge >= 0.3 is 0 Å². The van der Waals surface area contributed by atoms with Crippen LogP contribution in [0.15, 0.2) is 0 Å². The van der Waals surface area contributed by atoms with E-state index in [-0.39, 0.29) is 11.4 Å². The van der Waals surface area contributed by atoms with Crippen molar-refractivity contribution < 1.29 is 4.79 Å². The van der Waals surface area contributed by atoms with Gasteiger partial charge in [0, 0.05) is 45.7 Å². The molecule has 4 heteroatoms. The van der Waals surface area contributed by atoms with E-state index >= 15 is 0 Å². The number of hydrogen-bond donors (Lipinski definition) is 1. The molecule has 1 aliphatic heterocycles. The van der Waals surface area contributed by atoms with Crippen LogP contribution in [0.4, 0.5) is 0 Å². The molecule has 0 aromatic heterocycles. The Hall–Kier alpha value is -0.610. The third-order valence-electron chi connectivity index (χ3n) is 2.31. The van der Waals surface area contributed by atoms with E-state index in [1.807, 2.05) is 6.92 Å². The van der Waals surface area contributed by atoms with Crippen LogP contribution in [-0.2, 0) is 4.79 Å². The first kappa shape index (κ1) is 10.5. The Labute approximate surface area is 79.7 Å². The summed E-state index contributed by atoms with van der Waals surface area (Å²) in [5, 5.41) is 0. The van der Waals surface area contributed by atoms with Gasteiger partial charge < -0.3 is 10.6 Å². The van der Waals surface area contributed by atoms with Crippen LogP contribution in [0.3, 0.4) is 0 Å². The molecule has 0 bridgehead atoms. The van der Waals surface area contributed by atoms with Gasteiger partial charge in [-0.1, -0.05) is 0 Å². The molecular weight excluding hydrogens is 166 g/mol. The fraction of sp³-hybridized carbons (Fsp3) is 0.889. The highest BCUT2D eigenvalue weighted by atomic mass is 16.2. The van der Waals surface area contributed by atoms with Crippen molar-refractivity contribution >= 4 is 5.91 Å². The molecule has 0 atom stereocenters. The van der Waals surface area contributed by atoms with Gasteiger partial charge in [0.15, 0.2) is 0 Å². The van der Waals surface area contributed by atoms with Crippen molar-refractivity contribution in [1.82, 2.24) is 9.80 Å². The normalized spacial score (nSPS) is 20.9. The van der Waals surface area contributed by atoms with E-state index < -0.39 is 0 Å². The Balaban J connectivity index is 2.12. The highest BCUT2D eigenvalue weighted by molar-refractivity contribution is 5.75. The number of carbonyl (C=O) groups is 1. The van der Waals surface area contributed by atoms with Crippen LogP contribution in [0.1, 0.15) is 13.3 Å². The minimum Gasteiger partial charge on any atom is -0.349 e. The van der Waals surface area contributed by atoms with Crippen molar-refractivity contribution in [3.63, 3.8) is 0 Å². The first-order chi connectivity index (χ1) is 5.91. The molecule has 1 rings (SSSR count). The second kappa shape index (κ2) is 3.64. The first-order valence-corrected chi connectivity index (χ1v) is 4.62. The number of nitrogens with zero attached hydrogens (tertiary/aromatic N) is 2. The molecule has 0 saturated carbocycles. The Morgan fingerprint density at radius 2 is 2.08 bits per heavy atom. The molecule has 1 heterocycles. The minimum absolute atomic E-state index is 0.0266. The highest BCUT2D eigenvalue weighted by Gasteiger charge is 2.34. The summed E-state index contributed by atoms with van der Waals surface area (Å²) in [5.41, 5.74) is 5.81. The second-order valence-corrected chi connectivity index (χ2v) is 4.40. The van der Waals surface area contributed by atoms with Gasteiger partial charge in [0.2, 0.25) is 5.91 Å². The molecule has 1 saturated heterocycles. The van der Waals surface area contributed by atoms with Crippen molar-refractivity contribution in [2.24, 2.45) is 5.73 Å². The zero-order valence-corrected chi connectivity index (χ0v) is 8.71. The number of rotatable bonds is 3. The summed E-state index contributed by atoms with van der Waals surface area (Å²) in [6.07, 6.45) is 0.600.